The van der Waals surface area contributed by atoms with E-state index < -0.39 is 0 Å². The zero-order valence-corrected chi connectivity index (χ0v) is 14.1. The van der Waals surface area contributed by atoms with Gasteiger partial charge in [0.15, 0.2) is 11.5 Å². The van der Waals surface area contributed by atoms with Crippen LogP contribution < -0.4 is 20.5 Å². The molecule has 3 rings (SSSR count). The molecule has 2 heterocycles. The van der Waals surface area contributed by atoms with Crippen LogP contribution in [0.2, 0.25) is 0 Å². The summed E-state index contributed by atoms with van der Waals surface area (Å²) in [6.45, 7) is 3.03. The van der Waals surface area contributed by atoms with Crippen LogP contribution in [-0.4, -0.2) is 24.1 Å². The number of fused-ring (bicyclic) bond motifs is 1. The number of pyridine rings is 1. The van der Waals surface area contributed by atoms with Crippen molar-refractivity contribution in [1.82, 2.24) is 10.3 Å². The van der Waals surface area contributed by atoms with Crippen molar-refractivity contribution in [2.45, 2.75) is 19.4 Å². The number of nitrogens with one attached hydrogen (secondary N) is 1. The van der Waals surface area contributed by atoms with Crippen molar-refractivity contribution in [1.29, 1.82) is 0 Å². The Morgan fingerprint density at radius 2 is 2.00 bits per heavy atom. The number of carbonyl (C=O) groups excluding carboxylic acids is 1. The maximum Gasteiger partial charge on any atom is 0.226 e. The molecule has 0 saturated heterocycles. The van der Waals surface area contributed by atoms with Crippen LogP contribution >= 0.6 is 12.4 Å². The second-order valence-electron chi connectivity index (χ2n) is 5.45. The number of nitrogen functional groups attached to an aromatic ring is 1. The molecule has 1 atom stereocenters. The Kier molecular flexibility index (Phi) is 5.87. The van der Waals surface area contributed by atoms with Gasteiger partial charge in [-0.3, -0.25) is 9.78 Å². The molecule has 0 fully saturated rings. The summed E-state index contributed by atoms with van der Waals surface area (Å²) in [4.78, 5) is 16.3. The molecule has 1 amide bonds. The molecular weight excluding hydrogens is 330 g/mol. The zero-order valence-electron chi connectivity index (χ0n) is 13.3. The number of amides is 1. The summed E-state index contributed by atoms with van der Waals surface area (Å²) >= 11 is 0. The number of nitrogens with zero attached hydrogens (tertiary/aromatic N) is 1. The van der Waals surface area contributed by atoms with Gasteiger partial charge >= 0.3 is 0 Å². The fraction of sp³-hybridized carbons (Fsp3) is 0.294. The smallest absolute Gasteiger partial charge is 0.226 e. The first-order valence-electron chi connectivity index (χ1n) is 7.51. The van der Waals surface area contributed by atoms with Crippen LogP contribution in [-0.2, 0) is 11.2 Å². The predicted molar refractivity (Wildman–Crippen MR) is 93.6 cm³/mol. The lowest BCUT2D eigenvalue weighted by Gasteiger charge is -2.21. The van der Waals surface area contributed by atoms with E-state index in [0.717, 1.165) is 17.1 Å². The molecule has 0 saturated carbocycles. The van der Waals surface area contributed by atoms with E-state index in [0.29, 0.717) is 24.6 Å². The first-order chi connectivity index (χ1) is 11.1. The molecule has 1 aliphatic rings. The minimum Gasteiger partial charge on any atom is -0.486 e. The van der Waals surface area contributed by atoms with Crippen LogP contribution in [0, 0.1) is 0 Å². The summed E-state index contributed by atoms with van der Waals surface area (Å²) < 4.78 is 11.1. The molecular formula is C17H20ClN3O3. The number of hydrogen-bond acceptors (Lipinski definition) is 5. The Morgan fingerprint density at radius 1 is 1.25 bits per heavy atom. The van der Waals surface area contributed by atoms with Gasteiger partial charge in [-0.1, -0.05) is 6.07 Å². The monoisotopic (exact) mass is 349 g/mol. The number of ether oxygens (including phenoxy) is 2. The topological polar surface area (TPSA) is 86.5 Å². The van der Waals surface area contributed by atoms with Crippen molar-refractivity contribution in [2.24, 2.45) is 0 Å². The lowest BCUT2D eigenvalue weighted by Crippen LogP contribution is -2.28. The largest absolute Gasteiger partial charge is 0.486 e. The Bertz CT molecular complexity index is 707. The van der Waals surface area contributed by atoms with Gasteiger partial charge < -0.3 is 20.5 Å². The molecule has 7 heteroatoms. The van der Waals surface area contributed by atoms with Crippen LogP contribution in [0.3, 0.4) is 0 Å². The third-order valence-corrected chi connectivity index (χ3v) is 3.63. The summed E-state index contributed by atoms with van der Waals surface area (Å²) in [6.07, 6.45) is 1.77. The maximum absolute atomic E-state index is 12.1. The quantitative estimate of drug-likeness (QED) is 0.884. The molecule has 1 aromatic heterocycles. The van der Waals surface area contributed by atoms with E-state index in [1.54, 1.807) is 18.3 Å². The zero-order chi connectivity index (χ0) is 16.2. The van der Waals surface area contributed by atoms with Crippen molar-refractivity contribution >= 4 is 24.0 Å². The van der Waals surface area contributed by atoms with Gasteiger partial charge in [0.2, 0.25) is 5.91 Å². The molecule has 2 aromatic rings. The van der Waals surface area contributed by atoms with Crippen molar-refractivity contribution in [2.75, 3.05) is 18.9 Å². The van der Waals surface area contributed by atoms with Gasteiger partial charge in [-0.25, -0.2) is 0 Å². The number of benzene rings is 1. The van der Waals surface area contributed by atoms with Gasteiger partial charge in [-0.2, -0.15) is 0 Å². The van der Waals surface area contributed by atoms with Crippen LogP contribution in [0.15, 0.2) is 36.5 Å². The normalized spacial score (nSPS) is 13.5. The van der Waals surface area contributed by atoms with E-state index >= 15 is 0 Å². The SMILES string of the molecule is CC(NC(=O)Cc1ccc(N)cn1)c1ccc2c(c1)OCCO2.Cl. The van der Waals surface area contributed by atoms with Gasteiger partial charge in [0, 0.05) is 5.69 Å². The molecule has 128 valence electrons. The molecule has 3 N–H and O–H groups in total. The molecule has 0 radical (unpaired) electrons. The molecule has 1 aliphatic heterocycles. The number of carbonyl (C=O) groups is 1. The summed E-state index contributed by atoms with van der Waals surface area (Å²) in [5.74, 6) is 1.37. The van der Waals surface area contributed by atoms with Crippen molar-refractivity contribution in [3.8, 4) is 11.5 Å². The molecule has 0 spiro atoms. The highest BCUT2D eigenvalue weighted by atomic mass is 35.5. The molecule has 0 bridgehead atoms. The number of nitrogens with two attached hydrogens (primary N) is 1. The Balaban J connectivity index is 0.00000208. The summed E-state index contributed by atoms with van der Waals surface area (Å²) in [7, 11) is 0. The van der Waals surface area contributed by atoms with Crippen molar-refractivity contribution < 1.29 is 14.3 Å². The third-order valence-electron chi connectivity index (χ3n) is 3.63. The van der Waals surface area contributed by atoms with Crippen molar-refractivity contribution in [3.05, 3.63) is 47.8 Å². The van der Waals surface area contributed by atoms with Crippen molar-refractivity contribution in [3.63, 3.8) is 0 Å². The van der Waals surface area contributed by atoms with E-state index in [1.807, 2.05) is 25.1 Å². The fourth-order valence-corrected chi connectivity index (χ4v) is 2.41. The average molecular weight is 350 g/mol. The highest BCUT2D eigenvalue weighted by Crippen LogP contribution is 2.32. The van der Waals surface area contributed by atoms with Crippen LogP contribution in [0.1, 0.15) is 24.2 Å². The standard InChI is InChI=1S/C17H19N3O3.ClH/c1-11(12-2-5-15-16(8-12)23-7-6-22-15)20-17(21)9-14-4-3-13(18)10-19-14;/h2-5,8,10-11H,6-7,9,18H2,1H3,(H,20,21);1H. The predicted octanol–water partition coefficient (Wildman–Crippen LogP) is 2.28. The van der Waals surface area contributed by atoms with Crippen LogP contribution in [0.5, 0.6) is 11.5 Å². The number of rotatable bonds is 4. The van der Waals surface area contributed by atoms with E-state index in [1.165, 1.54) is 0 Å². The Labute approximate surface area is 146 Å². The van der Waals surface area contributed by atoms with Gasteiger partial charge in [0.05, 0.1) is 24.3 Å². The molecule has 1 unspecified atom stereocenters. The summed E-state index contributed by atoms with van der Waals surface area (Å²) in [5.41, 5.74) is 7.82. The Hall–Kier alpha value is -2.47. The number of halogens is 1. The van der Waals surface area contributed by atoms with E-state index in [9.17, 15) is 4.79 Å². The molecule has 1 aromatic carbocycles. The first kappa shape index (κ1) is 17.9. The summed E-state index contributed by atoms with van der Waals surface area (Å²) in [5, 5.41) is 2.96. The van der Waals surface area contributed by atoms with Crippen LogP contribution in [0.25, 0.3) is 0 Å². The van der Waals surface area contributed by atoms with E-state index in [2.05, 4.69) is 10.3 Å². The van der Waals surface area contributed by atoms with Gasteiger partial charge in [0.25, 0.3) is 0 Å². The second kappa shape index (κ2) is 7.88. The van der Waals surface area contributed by atoms with E-state index in [4.69, 9.17) is 15.2 Å². The average Bonchev–Trinajstić information content (AvgIpc) is 2.56. The Morgan fingerprint density at radius 3 is 2.71 bits per heavy atom. The minimum absolute atomic E-state index is 0. The summed E-state index contributed by atoms with van der Waals surface area (Å²) in [6, 6.07) is 9.06. The van der Waals surface area contributed by atoms with E-state index in [-0.39, 0.29) is 30.8 Å². The highest BCUT2D eigenvalue weighted by Gasteiger charge is 2.16. The molecule has 0 aliphatic carbocycles. The van der Waals surface area contributed by atoms with Crippen LogP contribution in [0.4, 0.5) is 5.69 Å². The fourth-order valence-electron chi connectivity index (χ4n) is 2.41. The highest BCUT2D eigenvalue weighted by molar-refractivity contribution is 5.85. The molecule has 6 nitrogen and oxygen atoms in total. The number of hydrogen-bond donors (Lipinski definition) is 2. The lowest BCUT2D eigenvalue weighted by molar-refractivity contribution is -0.121. The third kappa shape index (κ3) is 4.29. The second-order valence-corrected chi connectivity index (χ2v) is 5.45. The number of anilines is 1. The number of aromatic nitrogens is 1. The van der Waals surface area contributed by atoms with Gasteiger partial charge in [0.1, 0.15) is 13.2 Å². The maximum atomic E-state index is 12.1. The van der Waals surface area contributed by atoms with Gasteiger partial charge in [-0.15, -0.1) is 12.4 Å². The lowest BCUT2D eigenvalue weighted by atomic mass is 10.1. The minimum atomic E-state index is -0.132. The van der Waals surface area contributed by atoms with Gasteiger partial charge in [-0.05, 0) is 36.8 Å². The molecule has 24 heavy (non-hydrogen) atoms. The first-order valence-corrected chi connectivity index (χ1v) is 7.51.